The molecule has 0 fully saturated rings. The highest BCUT2D eigenvalue weighted by atomic mass is 19.2. The zero-order chi connectivity index (χ0) is 20.5. The predicted molar refractivity (Wildman–Crippen MR) is 106 cm³/mol. The lowest BCUT2D eigenvalue weighted by Gasteiger charge is -2.05. The van der Waals surface area contributed by atoms with Crippen molar-refractivity contribution in [1.82, 2.24) is 0 Å². The molecule has 4 rings (SSSR count). The zero-order valence-electron chi connectivity index (χ0n) is 15.4. The van der Waals surface area contributed by atoms with E-state index in [1.807, 2.05) is 19.1 Å². The molecule has 142 valence electrons. The van der Waals surface area contributed by atoms with Crippen LogP contribution in [0.15, 0.2) is 66.7 Å². The van der Waals surface area contributed by atoms with Gasteiger partial charge in [0.1, 0.15) is 11.6 Å². The highest BCUT2D eigenvalue weighted by molar-refractivity contribution is 5.84. The van der Waals surface area contributed by atoms with Gasteiger partial charge >= 0.3 is 0 Å². The van der Waals surface area contributed by atoms with E-state index in [9.17, 15) is 17.6 Å². The minimum Gasteiger partial charge on any atom is -0.205 e. The third kappa shape index (κ3) is 3.86. The molecule has 0 nitrogen and oxygen atoms in total. The van der Waals surface area contributed by atoms with E-state index < -0.39 is 23.3 Å². The Bertz CT molecular complexity index is 1270. The molecule has 0 N–H and O–H groups in total. The Balaban J connectivity index is 1.70. The molecule has 0 aromatic heterocycles. The highest BCUT2D eigenvalue weighted by Crippen LogP contribution is 2.25. The van der Waals surface area contributed by atoms with Crippen molar-refractivity contribution in [2.24, 2.45) is 0 Å². The molecule has 0 saturated heterocycles. The van der Waals surface area contributed by atoms with Crippen LogP contribution in [0.5, 0.6) is 0 Å². The van der Waals surface area contributed by atoms with Gasteiger partial charge in [-0.1, -0.05) is 47.7 Å². The maximum atomic E-state index is 14.5. The Morgan fingerprint density at radius 2 is 1.17 bits per heavy atom. The fourth-order valence-corrected chi connectivity index (χ4v) is 3.06. The largest absolute Gasteiger partial charge is 0.205 e. The summed E-state index contributed by atoms with van der Waals surface area (Å²) in [6, 6.07) is 16.7. The molecule has 0 aliphatic heterocycles. The van der Waals surface area contributed by atoms with Gasteiger partial charge in [-0.3, -0.25) is 0 Å². The summed E-state index contributed by atoms with van der Waals surface area (Å²) in [6.07, 6.45) is 0. The van der Waals surface area contributed by atoms with Crippen LogP contribution in [-0.4, -0.2) is 0 Å². The molecule has 29 heavy (non-hydrogen) atoms. The van der Waals surface area contributed by atoms with Crippen LogP contribution in [-0.2, 0) is 0 Å². The minimum absolute atomic E-state index is 0.341. The molecule has 4 heteroatoms. The first kappa shape index (κ1) is 18.8. The molecule has 0 atom stereocenters. The normalized spacial score (nSPS) is 10.7. The summed E-state index contributed by atoms with van der Waals surface area (Å²) in [6.45, 7) is 1.93. The Kier molecular flexibility index (Phi) is 4.82. The number of halogens is 4. The average molecular weight is 390 g/mol. The van der Waals surface area contributed by atoms with Gasteiger partial charge in [-0.2, -0.15) is 0 Å². The van der Waals surface area contributed by atoms with Crippen molar-refractivity contribution in [3.8, 4) is 23.0 Å². The second kappa shape index (κ2) is 7.44. The number of hydrogen-bond donors (Lipinski definition) is 0. The van der Waals surface area contributed by atoms with Gasteiger partial charge in [-0.25, -0.2) is 17.6 Å². The van der Waals surface area contributed by atoms with E-state index in [4.69, 9.17) is 0 Å². The molecular weight excluding hydrogens is 376 g/mol. The fraction of sp³-hybridized carbons (Fsp3) is 0.0400. The van der Waals surface area contributed by atoms with Gasteiger partial charge in [0.25, 0.3) is 0 Å². The van der Waals surface area contributed by atoms with Crippen molar-refractivity contribution in [2.45, 2.75) is 6.92 Å². The van der Waals surface area contributed by atoms with E-state index in [-0.39, 0.29) is 5.56 Å². The summed E-state index contributed by atoms with van der Waals surface area (Å²) in [4.78, 5) is 0. The predicted octanol–water partition coefficient (Wildman–Crippen LogP) is 6.77. The lowest BCUT2D eigenvalue weighted by atomic mass is 10.0. The van der Waals surface area contributed by atoms with E-state index in [1.54, 1.807) is 30.3 Å². The van der Waals surface area contributed by atoms with Gasteiger partial charge in [-0.15, -0.1) is 0 Å². The molecular formula is C25H14F4. The molecule has 0 amide bonds. The first-order chi connectivity index (χ1) is 13.9. The molecule has 0 aliphatic carbocycles. The third-order valence-electron chi connectivity index (χ3n) is 4.64. The summed E-state index contributed by atoms with van der Waals surface area (Å²) in [7, 11) is 0. The number of aryl methyl sites for hydroxylation is 1. The summed E-state index contributed by atoms with van der Waals surface area (Å²) in [5, 5.41) is 0.959. The number of rotatable bonds is 1. The van der Waals surface area contributed by atoms with Gasteiger partial charge in [0.05, 0.1) is 5.56 Å². The summed E-state index contributed by atoms with van der Waals surface area (Å²) >= 11 is 0. The first-order valence-electron chi connectivity index (χ1n) is 8.87. The van der Waals surface area contributed by atoms with Crippen molar-refractivity contribution in [3.05, 3.63) is 107 Å². The van der Waals surface area contributed by atoms with Crippen molar-refractivity contribution >= 4 is 10.8 Å². The van der Waals surface area contributed by atoms with Gasteiger partial charge in [0.15, 0.2) is 11.6 Å². The van der Waals surface area contributed by atoms with Gasteiger partial charge in [0, 0.05) is 5.56 Å². The van der Waals surface area contributed by atoms with E-state index in [0.717, 1.165) is 17.7 Å². The number of hydrogen-bond acceptors (Lipinski definition) is 0. The zero-order valence-corrected chi connectivity index (χ0v) is 15.4. The summed E-state index contributed by atoms with van der Waals surface area (Å²) in [5.74, 6) is 1.77. The Labute approximate surface area is 165 Å². The van der Waals surface area contributed by atoms with E-state index in [1.165, 1.54) is 12.1 Å². The molecule has 4 aromatic rings. The van der Waals surface area contributed by atoms with Crippen LogP contribution in [0.4, 0.5) is 17.6 Å². The number of benzene rings is 4. The molecule has 0 unspecified atom stereocenters. The minimum atomic E-state index is -0.966. The Hall–Kier alpha value is -3.58. The maximum Gasteiger partial charge on any atom is 0.159 e. The molecule has 0 bridgehead atoms. The molecule has 0 heterocycles. The second-order valence-electron chi connectivity index (χ2n) is 6.76. The van der Waals surface area contributed by atoms with Crippen LogP contribution in [0.3, 0.4) is 0 Å². The van der Waals surface area contributed by atoms with Crippen LogP contribution in [0, 0.1) is 42.0 Å². The highest BCUT2D eigenvalue weighted by Gasteiger charge is 2.11. The molecule has 0 radical (unpaired) electrons. The van der Waals surface area contributed by atoms with Crippen molar-refractivity contribution in [1.29, 1.82) is 0 Å². The Morgan fingerprint density at radius 3 is 1.83 bits per heavy atom. The van der Waals surface area contributed by atoms with Crippen LogP contribution < -0.4 is 0 Å². The average Bonchev–Trinajstić information content (AvgIpc) is 2.69. The standard InChI is InChI=1S/C25H14F4/c1-15-2-6-17(7-3-15)20-12-22(26)21(23(27)13-20)9-5-16-4-8-18-11-24(28)25(29)14-19(18)10-16/h2-4,6-8,10-14H,1H3. The van der Waals surface area contributed by atoms with Crippen LogP contribution in [0.1, 0.15) is 16.7 Å². The molecule has 0 aliphatic rings. The van der Waals surface area contributed by atoms with Gasteiger partial charge < -0.3 is 0 Å². The monoisotopic (exact) mass is 390 g/mol. The van der Waals surface area contributed by atoms with Crippen molar-refractivity contribution in [2.75, 3.05) is 0 Å². The summed E-state index contributed by atoms with van der Waals surface area (Å²) < 4.78 is 55.7. The van der Waals surface area contributed by atoms with Gasteiger partial charge in [-0.05, 0) is 65.2 Å². The quantitative estimate of drug-likeness (QED) is 0.248. The molecule has 0 spiro atoms. The van der Waals surface area contributed by atoms with Crippen molar-refractivity contribution in [3.63, 3.8) is 0 Å². The SMILES string of the molecule is Cc1ccc(-c2cc(F)c(C#Cc3ccc4cc(F)c(F)cc4c3)c(F)c2)cc1. The molecule has 0 saturated carbocycles. The second-order valence-corrected chi connectivity index (χ2v) is 6.76. The topological polar surface area (TPSA) is 0 Å². The first-order valence-corrected chi connectivity index (χ1v) is 8.87. The maximum absolute atomic E-state index is 14.5. The smallest absolute Gasteiger partial charge is 0.159 e. The van der Waals surface area contributed by atoms with Crippen LogP contribution >= 0.6 is 0 Å². The van der Waals surface area contributed by atoms with Crippen LogP contribution in [0.2, 0.25) is 0 Å². The van der Waals surface area contributed by atoms with Crippen molar-refractivity contribution < 1.29 is 17.6 Å². The lowest BCUT2D eigenvalue weighted by Crippen LogP contribution is -1.92. The van der Waals surface area contributed by atoms with E-state index >= 15 is 0 Å². The van der Waals surface area contributed by atoms with E-state index in [2.05, 4.69) is 11.8 Å². The Morgan fingerprint density at radius 1 is 0.552 bits per heavy atom. The van der Waals surface area contributed by atoms with Gasteiger partial charge in [0.2, 0.25) is 0 Å². The number of fused-ring (bicyclic) bond motifs is 1. The molecule has 4 aromatic carbocycles. The van der Waals surface area contributed by atoms with E-state index in [0.29, 0.717) is 27.5 Å². The lowest BCUT2D eigenvalue weighted by molar-refractivity contribution is 0.511. The summed E-state index contributed by atoms with van der Waals surface area (Å²) in [5.41, 5.74) is 2.27. The fourth-order valence-electron chi connectivity index (χ4n) is 3.06. The van der Waals surface area contributed by atoms with Crippen LogP contribution in [0.25, 0.3) is 21.9 Å². The third-order valence-corrected chi connectivity index (χ3v) is 4.64.